The molecule has 116 valence electrons. The van der Waals surface area contributed by atoms with Crippen molar-refractivity contribution in [1.29, 1.82) is 0 Å². The number of hydrogen-bond donors (Lipinski definition) is 1. The van der Waals surface area contributed by atoms with Crippen molar-refractivity contribution in [1.82, 2.24) is 4.31 Å². The van der Waals surface area contributed by atoms with Gasteiger partial charge in [0.1, 0.15) is 6.54 Å². The van der Waals surface area contributed by atoms with E-state index in [1.165, 1.54) is 12.1 Å². The first-order valence-electron chi connectivity index (χ1n) is 6.10. The zero-order chi connectivity index (χ0) is 15.8. The van der Waals surface area contributed by atoms with Gasteiger partial charge in [0.05, 0.1) is 4.90 Å². The van der Waals surface area contributed by atoms with E-state index in [4.69, 9.17) is 5.73 Å². The number of rotatable bonds is 5. The Kier molecular flexibility index (Phi) is 3.98. The highest BCUT2D eigenvalue weighted by Crippen LogP contribution is 2.34. The Balaban J connectivity index is 2.32. The summed E-state index contributed by atoms with van der Waals surface area (Å²) >= 11 is 0. The molecule has 0 bridgehead atoms. The molecular weight excluding hydrogens is 309 g/mol. The van der Waals surface area contributed by atoms with Gasteiger partial charge in [0.15, 0.2) is 0 Å². The predicted molar refractivity (Wildman–Crippen MR) is 67.9 cm³/mol. The highest BCUT2D eigenvalue weighted by Gasteiger charge is 2.44. The van der Waals surface area contributed by atoms with Crippen molar-refractivity contribution in [2.75, 3.05) is 6.54 Å². The third-order valence-corrected chi connectivity index (χ3v) is 4.95. The fraction of sp³-hybridized carbons (Fsp3) is 0.417. The lowest BCUT2D eigenvalue weighted by Gasteiger charge is -2.23. The molecule has 0 unspecified atom stereocenters. The number of primary amides is 1. The SMILES string of the molecule is NC(=O)c1ccc(S(=O)(=O)N(CC(F)(F)F)C2CC2)cc1. The fourth-order valence-electron chi connectivity index (χ4n) is 1.88. The number of alkyl halides is 3. The first-order chi connectivity index (χ1) is 9.61. The first kappa shape index (κ1) is 15.8. The molecule has 2 rings (SSSR count). The quantitative estimate of drug-likeness (QED) is 0.892. The monoisotopic (exact) mass is 322 g/mol. The number of amides is 1. The van der Waals surface area contributed by atoms with E-state index in [-0.39, 0.29) is 10.5 Å². The summed E-state index contributed by atoms with van der Waals surface area (Å²) in [6.07, 6.45) is -3.79. The topological polar surface area (TPSA) is 80.5 Å². The number of halogens is 3. The maximum Gasteiger partial charge on any atom is 0.402 e. The van der Waals surface area contributed by atoms with E-state index in [0.29, 0.717) is 17.1 Å². The number of nitrogens with two attached hydrogens (primary N) is 1. The summed E-state index contributed by atoms with van der Waals surface area (Å²) in [6.45, 7) is -1.52. The van der Waals surface area contributed by atoms with Crippen LogP contribution >= 0.6 is 0 Å². The van der Waals surface area contributed by atoms with Crippen LogP contribution in [0.5, 0.6) is 0 Å². The standard InChI is InChI=1S/C12H13F3N2O3S/c13-12(14,15)7-17(9-3-4-9)21(19,20)10-5-1-8(2-6-10)11(16)18/h1-2,5-6,9H,3-4,7H2,(H2,16,18). The second-order valence-electron chi connectivity index (χ2n) is 4.79. The second kappa shape index (κ2) is 5.30. The summed E-state index contributed by atoms with van der Waals surface area (Å²) in [7, 11) is -4.25. The summed E-state index contributed by atoms with van der Waals surface area (Å²) in [5, 5.41) is 0. The van der Waals surface area contributed by atoms with E-state index in [0.717, 1.165) is 12.1 Å². The lowest BCUT2D eigenvalue weighted by atomic mass is 10.2. The highest BCUT2D eigenvalue weighted by molar-refractivity contribution is 7.89. The molecule has 0 aromatic heterocycles. The zero-order valence-electron chi connectivity index (χ0n) is 10.8. The van der Waals surface area contributed by atoms with Crippen molar-refractivity contribution >= 4 is 15.9 Å². The molecule has 1 saturated carbocycles. The molecule has 0 heterocycles. The van der Waals surface area contributed by atoms with Crippen molar-refractivity contribution < 1.29 is 26.4 Å². The minimum atomic E-state index is -4.61. The van der Waals surface area contributed by atoms with E-state index in [2.05, 4.69) is 0 Å². The van der Waals surface area contributed by atoms with Crippen LogP contribution in [0.2, 0.25) is 0 Å². The molecule has 1 aliphatic rings. The maximum atomic E-state index is 12.5. The second-order valence-corrected chi connectivity index (χ2v) is 6.68. The van der Waals surface area contributed by atoms with Crippen molar-refractivity contribution in [2.24, 2.45) is 5.73 Å². The van der Waals surface area contributed by atoms with Gasteiger partial charge in [-0.15, -0.1) is 0 Å². The summed E-state index contributed by atoms with van der Waals surface area (Å²) in [4.78, 5) is 10.6. The van der Waals surface area contributed by atoms with E-state index in [1.807, 2.05) is 0 Å². The van der Waals surface area contributed by atoms with Crippen LogP contribution in [0.15, 0.2) is 29.2 Å². The lowest BCUT2D eigenvalue weighted by molar-refractivity contribution is -0.137. The molecule has 0 aliphatic heterocycles. The number of hydrogen-bond acceptors (Lipinski definition) is 3. The highest BCUT2D eigenvalue weighted by atomic mass is 32.2. The molecule has 21 heavy (non-hydrogen) atoms. The molecule has 1 aromatic rings. The molecule has 9 heteroatoms. The first-order valence-corrected chi connectivity index (χ1v) is 7.54. The summed E-state index contributed by atoms with van der Waals surface area (Å²) in [5.74, 6) is -0.742. The molecule has 0 saturated heterocycles. The summed E-state index contributed by atoms with van der Waals surface area (Å²) in [6, 6.07) is 3.90. The van der Waals surface area contributed by atoms with Crippen LogP contribution < -0.4 is 5.73 Å². The Morgan fingerprint density at radius 1 is 1.24 bits per heavy atom. The van der Waals surface area contributed by atoms with E-state index in [9.17, 15) is 26.4 Å². The molecule has 1 amide bonds. The molecule has 0 radical (unpaired) electrons. The molecule has 0 atom stereocenters. The van der Waals surface area contributed by atoms with Gasteiger partial charge in [0.2, 0.25) is 15.9 Å². The smallest absolute Gasteiger partial charge is 0.366 e. The van der Waals surface area contributed by atoms with Gasteiger partial charge in [-0.3, -0.25) is 4.79 Å². The Morgan fingerprint density at radius 2 is 1.76 bits per heavy atom. The largest absolute Gasteiger partial charge is 0.402 e. The molecular formula is C12H13F3N2O3S. The zero-order valence-corrected chi connectivity index (χ0v) is 11.6. The number of nitrogens with zero attached hydrogens (tertiary/aromatic N) is 1. The average Bonchev–Trinajstić information content (AvgIpc) is 3.19. The van der Waals surface area contributed by atoms with E-state index < -0.39 is 34.7 Å². The van der Waals surface area contributed by atoms with Gasteiger partial charge in [0, 0.05) is 11.6 Å². The van der Waals surface area contributed by atoms with Gasteiger partial charge in [-0.1, -0.05) is 0 Å². The van der Waals surface area contributed by atoms with Crippen LogP contribution in [0.25, 0.3) is 0 Å². The Hall–Kier alpha value is -1.61. The van der Waals surface area contributed by atoms with Gasteiger partial charge in [-0.25, -0.2) is 8.42 Å². The molecule has 1 aromatic carbocycles. The van der Waals surface area contributed by atoms with Crippen LogP contribution in [0.3, 0.4) is 0 Å². The van der Waals surface area contributed by atoms with Crippen molar-refractivity contribution in [3.05, 3.63) is 29.8 Å². The summed E-state index contributed by atoms with van der Waals surface area (Å²) in [5.41, 5.74) is 5.11. The van der Waals surface area contributed by atoms with E-state index >= 15 is 0 Å². The molecule has 5 nitrogen and oxygen atoms in total. The maximum absolute atomic E-state index is 12.5. The normalized spacial score (nSPS) is 16.2. The third-order valence-electron chi connectivity index (χ3n) is 3.03. The van der Waals surface area contributed by atoms with Crippen molar-refractivity contribution in [3.63, 3.8) is 0 Å². The van der Waals surface area contributed by atoms with Crippen LogP contribution in [0.1, 0.15) is 23.2 Å². The van der Waals surface area contributed by atoms with Crippen molar-refractivity contribution in [2.45, 2.75) is 30.0 Å². The Labute approximate surface area is 119 Å². The minimum Gasteiger partial charge on any atom is -0.366 e. The fourth-order valence-corrected chi connectivity index (χ4v) is 3.55. The van der Waals surface area contributed by atoms with Crippen molar-refractivity contribution in [3.8, 4) is 0 Å². The Morgan fingerprint density at radius 3 is 2.14 bits per heavy atom. The van der Waals surface area contributed by atoms with Crippen LogP contribution in [0, 0.1) is 0 Å². The lowest BCUT2D eigenvalue weighted by Crippen LogP contribution is -2.40. The molecule has 1 fully saturated rings. The summed E-state index contributed by atoms with van der Waals surface area (Å²) < 4.78 is 62.7. The van der Waals surface area contributed by atoms with Gasteiger partial charge in [-0.2, -0.15) is 17.5 Å². The number of carbonyl (C=O) groups excluding carboxylic acids is 1. The molecule has 2 N–H and O–H groups in total. The number of sulfonamides is 1. The number of benzene rings is 1. The average molecular weight is 322 g/mol. The minimum absolute atomic E-state index is 0.0859. The van der Waals surface area contributed by atoms with Gasteiger partial charge in [0.25, 0.3) is 0 Å². The van der Waals surface area contributed by atoms with Gasteiger partial charge in [-0.05, 0) is 37.1 Å². The van der Waals surface area contributed by atoms with Gasteiger partial charge < -0.3 is 5.73 Å². The van der Waals surface area contributed by atoms with Crippen LogP contribution in [-0.4, -0.2) is 37.4 Å². The third kappa shape index (κ3) is 3.73. The van der Waals surface area contributed by atoms with Crippen LogP contribution in [0.4, 0.5) is 13.2 Å². The van der Waals surface area contributed by atoms with Gasteiger partial charge >= 0.3 is 6.18 Å². The molecule has 0 spiro atoms. The number of carbonyl (C=O) groups is 1. The predicted octanol–water partition coefficient (Wildman–Crippen LogP) is 1.50. The van der Waals surface area contributed by atoms with Crippen LogP contribution in [-0.2, 0) is 10.0 Å². The Bertz CT molecular complexity index is 637. The molecule has 1 aliphatic carbocycles. The van der Waals surface area contributed by atoms with E-state index in [1.54, 1.807) is 0 Å².